The Bertz CT molecular complexity index is 1040. The maximum atomic E-state index is 13.4. The highest BCUT2D eigenvalue weighted by Gasteiger charge is 2.18. The Kier molecular flexibility index (Phi) is 5.15. The lowest BCUT2D eigenvalue weighted by molar-refractivity contribution is 0.123. The number of morpholine rings is 1. The minimum absolute atomic E-state index is 0.0658. The topological polar surface area (TPSA) is 67.6 Å². The van der Waals surface area contributed by atoms with E-state index < -0.39 is 5.82 Å². The van der Waals surface area contributed by atoms with Gasteiger partial charge in [-0.25, -0.2) is 14.4 Å². The molecule has 4 rings (SSSR count). The summed E-state index contributed by atoms with van der Waals surface area (Å²) in [5.74, 6) is 0.148. The van der Waals surface area contributed by atoms with Crippen molar-refractivity contribution in [3.8, 4) is 0 Å². The monoisotopic (exact) mass is 402 g/mol. The minimum Gasteiger partial charge on any atom is -0.378 e. The van der Waals surface area contributed by atoms with Crippen LogP contribution in [-0.4, -0.2) is 46.6 Å². The second kappa shape index (κ2) is 7.73. The zero-order valence-electron chi connectivity index (χ0n) is 15.6. The van der Waals surface area contributed by atoms with Crippen LogP contribution in [0.4, 0.5) is 15.9 Å². The largest absolute Gasteiger partial charge is 0.378 e. The lowest BCUT2D eigenvalue weighted by Crippen LogP contribution is -2.36. The summed E-state index contributed by atoms with van der Waals surface area (Å²) in [5.41, 5.74) is 7.02. The van der Waals surface area contributed by atoms with Crippen molar-refractivity contribution in [1.29, 1.82) is 0 Å². The number of benzene rings is 1. The number of aryl methyl sites for hydroxylation is 1. The van der Waals surface area contributed by atoms with Crippen molar-refractivity contribution >= 4 is 40.0 Å². The first-order valence-corrected chi connectivity index (χ1v) is 9.31. The van der Waals surface area contributed by atoms with Crippen molar-refractivity contribution in [2.24, 2.45) is 12.1 Å². The molecule has 0 aliphatic carbocycles. The lowest BCUT2D eigenvalue weighted by atomic mass is 10.1. The van der Waals surface area contributed by atoms with E-state index in [0.29, 0.717) is 24.7 Å². The van der Waals surface area contributed by atoms with E-state index in [1.165, 1.54) is 6.07 Å². The van der Waals surface area contributed by atoms with Crippen molar-refractivity contribution in [2.45, 2.75) is 6.92 Å². The molecule has 9 heteroatoms. The quantitative estimate of drug-likeness (QED) is 0.535. The van der Waals surface area contributed by atoms with E-state index in [0.717, 1.165) is 35.5 Å². The van der Waals surface area contributed by atoms with Crippen LogP contribution in [0.2, 0.25) is 5.02 Å². The van der Waals surface area contributed by atoms with Crippen molar-refractivity contribution in [3.63, 3.8) is 0 Å². The van der Waals surface area contributed by atoms with Crippen LogP contribution in [0.3, 0.4) is 0 Å². The number of hydrogen-bond donors (Lipinski definition) is 1. The van der Waals surface area contributed by atoms with E-state index in [1.807, 2.05) is 24.6 Å². The molecule has 2 aromatic heterocycles. The van der Waals surface area contributed by atoms with Gasteiger partial charge in [-0.3, -0.25) is 5.43 Å². The summed E-state index contributed by atoms with van der Waals surface area (Å²) in [6, 6.07) is 6.45. The fourth-order valence-electron chi connectivity index (χ4n) is 3.11. The summed E-state index contributed by atoms with van der Waals surface area (Å²) < 4.78 is 20.7. The number of halogens is 2. The van der Waals surface area contributed by atoms with E-state index in [-0.39, 0.29) is 5.02 Å². The van der Waals surface area contributed by atoms with Gasteiger partial charge in [-0.05, 0) is 24.6 Å². The van der Waals surface area contributed by atoms with Gasteiger partial charge in [0.25, 0.3) is 0 Å². The Labute approximate surface area is 166 Å². The molecule has 1 aliphatic heterocycles. The third kappa shape index (κ3) is 3.65. The molecule has 28 heavy (non-hydrogen) atoms. The first kappa shape index (κ1) is 18.6. The standard InChI is InChI=1S/C19H20ClFN6O/c1-12(13-3-4-15(21)14(20)9-13)24-25-17-10-16(27-5-7-28-8-6-27)18-19(23-17)26(2)11-22-18/h3-4,9-11H,5-8H2,1-2H3,(H,23,25)/b24-12+. The summed E-state index contributed by atoms with van der Waals surface area (Å²) in [5, 5.41) is 4.46. The number of hydrazone groups is 1. The molecular formula is C19H20ClFN6O. The molecule has 1 fully saturated rings. The van der Waals surface area contributed by atoms with Crippen LogP contribution in [0.5, 0.6) is 0 Å². The second-order valence-electron chi connectivity index (χ2n) is 6.59. The van der Waals surface area contributed by atoms with E-state index in [1.54, 1.807) is 18.5 Å². The fourth-order valence-corrected chi connectivity index (χ4v) is 3.29. The van der Waals surface area contributed by atoms with Crippen molar-refractivity contribution in [2.75, 3.05) is 36.6 Å². The van der Waals surface area contributed by atoms with Gasteiger partial charge in [0.05, 0.1) is 36.0 Å². The number of pyridine rings is 1. The van der Waals surface area contributed by atoms with Gasteiger partial charge in [0.15, 0.2) is 11.5 Å². The molecule has 1 aromatic carbocycles. The summed E-state index contributed by atoms with van der Waals surface area (Å²) in [7, 11) is 1.91. The average molecular weight is 403 g/mol. The molecule has 0 amide bonds. The molecule has 7 nitrogen and oxygen atoms in total. The molecular weight excluding hydrogens is 383 g/mol. The summed E-state index contributed by atoms with van der Waals surface area (Å²) >= 11 is 5.86. The Morgan fingerprint density at radius 3 is 2.82 bits per heavy atom. The molecule has 1 aliphatic rings. The number of fused-ring (bicyclic) bond motifs is 1. The van der Waals surface area contributed by atoms with Crippen molar-refractivity contribution < 1.29 is 9.13 Å². The molecule has 0 spiro atoms. The zero-order valence-corrected chi connectivity index (χ0v) is 16.4. The van der Waals surface area contributed by atoms with Crippen molar-refractivity contribution in [1.82, 2.24) is 14.5 Å². The van der Waals surface area contributed by atoms with Gasteiger partial charge in [-0.2, -0.15) is 5.10 Å². The van der Waals surface area contributed by atoms with Gasteiger partial charge in [0.2, 0.25) is 0 Å². The minimum atomic E-state index is -0.454. The first-order valence-electron chi connectivity index (χ1n) is 8.93. The highest BCUT2D eigenvalue weighted by molar-refractivity contribution is 6.31. The number of nitrogens with one attached hydrogen (secondary N) is 1. The number of aromatic nitrogens is 3. The Morgan fingerprint density at radius 1 is 1.29 bits per heavy atom. The number of anilines is 2. The van der Waals surface area contributed by atoms with Gasteiger partial charge in [0.1, 0.15) is 11.3 Å². The maximum absolute atomic E-state index is 13.4. The highest BCUT2D eigenvalue weighted by atomic mass is 35.5. The maximum Gasteiger partial charge on any atom is 0.164 e. The smallest absolute Gasteiger partial charge is 0.164 e. The number of nitrogens with zero attached hydrogens (tertiary/aromatic N) is 5. The van der Waals surface area contributed by atoms with Crippen molar-refractivity contribution in [3.05, 3.63) is 47.0 Å². The molecule has 146 valence electrons. The predicted octanol–water partition coefficient (Wildman–Crippen LogP) is 3.43. The summed E-state index contributed by atoms with van der Waals surface area (Å²) in [4.78, 5) is 11.4. The summed E-state index contributed by atoms with van der Waals surface area (Å²) in [6.07, 6.45) is 1.75. The average Bonchev–Trinajstić information content (AvgIpc) is 3.09. The van der Waals surface area contributed by atoms with Gasteiger partial charge in [-0.1, -0.05) is 17.7 Å². The van der Waals surface area contributed by atoms with Gasteiger partial charge in [0, 0.05) is 26.2 Å². The number of rotatable bonds is 4. The molecule has 1 saturated heterocycles. The van der Waals surface area contributed by atoms with E-state index >= 15 is 0 Å². The van der Waals surface area contributed by atoms with Crippen LogP contribution < -0.4 is 10.3 Å². The SMILES string of the molecule is C/C(=N\Nc1cc(N2CCOCC2)c2ncn(C)c2n1)c1ccc(F)c(Cl)c1. The summed E-state index contributed by atoms with van der Waals surface area (Å²) in [6.45, 7) is 4.78. The normalized spacial score (nSPS) is 15.3. The predicted molar refractivity (Wildman–Crippen MR) is 109 cm³/mol. The van der Waals surface area contributed by atoms with E-state index in [4.69, 9.17) is 16.3 Å². The molecule has 1 N–H and O–H groups in total. The van der Waals surface area contributed by atoms with Gasteiger partial charge in [-0.15, -0.1) is 0 Å². The van der Waals surface area contributed by atoms with Crippen LogP contribution >= 0.6 is 11.6 Å². The van der Waals surface area contributed by atoms with Gasteiger partial charge < -0.3 is 14.2 Å². The van der Waals surface area contributed by atoms with Crippen LogP contribution in [0.25, 0.3) is 11.2 Å². The Hall–Kier alpha value is -2.71. The first-order chi connectivity index (χ1) is 13.5. The fraction of sp³-hybridized carbons (Fsp3) is 0.316. The molecule has 0 bridgehead atoms. The third-order valence-corrected chi connectivity index (χ3v) is 4.97. The number of imidazole rings is 1. The molecule has 0 unspecified atom stereocenters. The number of hydrogen-bond acceptors (Lipinski definition) is 6. The molecule has 3 heterocycles. The number of ether oxygens (including phenoxy) is 1. The third-order valence-electron chi connectivity index (χ3n) is 4.68. The Balaban J connectivity index is 1.66. The second-order valence-corrected chi connectivity index (χ2v) is 7.00. The molecule has 3 aromatic rings. The molecule has 0 atom stereocenters. The molecule has 0 radical (unpaired) electrons. The van der Waals surface area contributed by atoms with Crippen LogP contribution in [0, 0.1) is 5.82 Å². The van der Waals surface area contributed by atoms with Gasteiger partial charge >= 0.3 is 0 Å². The zero-order chi connectivity index (χ0) is 19.7. The Morgan fingerprint density at radius 2 is 2.07 bits per heavy atom. The van der Waals surface area contributed by atoms with Crippen LogP contribution in [-0.2, 0) is 11.8 Å². The molecule has 0 saturated carbocycles. The lowest BCUT2D eigenvalue weighted by Gasteiger charge is -2.29. The van der Waals surface area contributed by atoms with E-state index in [2.05, 4.69) is 25.4 Å². The van der Waals surface area contributed by atoms with E-state index in [9.17, 15) is 4.39 Å². The van der Waals surface area contributed by atoms with Crippen LogP contribution in [0.1, 0.15) is 12.5 Å². The van der Waals surface area contributed by atoms with Crippen LogP contribution in [0.15, 0.2) is 35.7 Å². The highest BCUT2D eigenvalue weighted by Crippen LogP contribution is 2.28.